The minimum atomic E-state index is 0.432. The second-order valence-electron chi connectivity index (χ2n) is 7.14. The highest BCUT2D eigenvalue weighted by Crippen LogP contribution is 2.61. The van der Waals surface area contributed by atoms with Crippen LogP contribution in [-0.4, -0.2) is 0 Å². The van der Waals surface area contributed by atoms with Crippen LogP contribution in [0.5, 0.6) is 0 Å². The number of hydrogen-bond donors (Lipinski definition) is 0. The van der Waals surface area contributed by atoms with Crippen LogP contribution in [0, 0.1) is 23.2 Å². The second-order valence-corrected chi connectivity index (χ2v) is 7.55. The Kier molecular flexibility index (Phi) is 2.77. The van der Waals surface area contributed by atoms with Gasteiger partial charge in [0.2, 0.25) is 0 Å². The summed E-state index contributed by atoms with van der Waals surface area (Å²) in [5.74, 6) is 2.97. The molecule has 0 nitrogen and oxygen atoms in total. The van der Waals surface area contributed by atoms with Crippen molar-refractivity contribution < 1.29 is 0 Å². The SMILES string of the molecule is Cl/C(=C/C12CC3CC(CC(C3)C1)C2)c1ccccc1. The molecule has 0 aliphatic heterocycles. The lowest BCUT2D eigenvalue weighted by atomic mass is 9.49. The van der Waals surface area contributed by atoms with E-state index >= 15 is 0 Å². The molecule has 4 aliphatic rings. The summed E-state index contributed by atoms with van der Waals surface area (Å²) in [4.78, 5) is 0. The van der Waals surface area contributed by atoms with E-state index in [0.29, 0.717) is 5.41 Å². The summed E-state index contributed by atoms with van der Waals surface area (Å²) in [6.45, 7) is 0. The average molecular weight is 273 g/mol. The molecule has 19 heavy (non-hydrogen) atoms. The van der Waals surface area contributed by atoms with Gasteiger partial charge < -0.3 is 0 Å². The molecule has 100 valence electrons. The molecule has 0 N–H and O–H groups in total. The molecule has 1 aromatic carbocycles. The fourth-order valence-electron chi connectivity index (χ4n) is 5.30. The highest BCUT2D eigenvalue weighted by Gasteiger charge is 2.49. The van der Waals surface area contributed by atoms with Crippen molar-refractivity contribution >= 4 is 16.6 Å². The third kappa shape index (κ3) is 2.14. The Morgan fingerprint density at radius 3 is 2.00 bits per heavy atom. The average Bonchev–Trinajstić information content (AvgIpc) is 2.37. The van der Waals surface area contributed by atoms with Gasteiger partial charge in [-0.2, -0.15) is 0 Å². The fraction of sp³-hybridized carbons (Fsp3) is 0.556. The molecule has 0 aromatic heterocycles. The summed E-state index contributed by atoms with van der Waals surface area (Å²) in [5.41, 5.74) is 1.61. The standard InChI is InChI=1S/C18H21Cl/c19-17(16-4-2-1-3-5-16)12-18-9-13-6-14(10-18)8-15(7-13)11-18/h1-5,12-15H,6-11H2/b17-12+. The summed E-state index contributed by atoms with van der Waals surface area (Å²) in [6.07, 6.45) is 11.1. The predicted molar refractivity (Wildman–Crippen MR) is 80.9 cm³/mol. The van der Waals surface area contributed by atoms with E-state index in [0.717, 1.165) is 22.8 Å². The third-order valence-electron chi connectivity index (χ3n) is 5.57. The van der Waals surface area contributed by atoms with Crippen molar-refractivity contribution in [3.8, 4) is 0 Å². The van der Waals surface area contributed by atoms with Crippen molar-refractivity contribution in [2.75, 3.05) is 0 Å². The van der Waals surface area contributed by atoms with Gasteiger partial charge in [0.15, 0.2) is 0 Å². The lowest BCUT2D eigenvalue weighted by molar-refractivity contribution is -0.0233. The van der Waals surface area contributed by atoms with E-state index in [4.69, 9.17) is 11.6 Å². The Morgan fingerprint density at radius 2 is 1.47 bits per heavy atom. The first kappa shape index (κ1) is 12.0. The van der Waals surface area contributed by atoms with E-state index in [-0.39, 0.29) is 0 Å². The van der Waals surface area contributed by atoms with Crippen LogP contribution >= 0.6 is 11.6 Å². The molecule has 4 aliphatic carbocycles. The van der Waals surface area contributed by atoms with Crippen LogP contribution in [0.1, 0.15) is 44.1 Å². The summed E-state index contributed by atoms with van der Waals surface area (Å²) in [5, 5.41) is 0.975. The highest BCUT2D eigenvalue weighted by atomic mass is 35.5. The summed E-state index contributed by atoms with van der Waals surface area (Å²) in [7, 11) is 0. The third-order valence-corrected chi connectivity index (χ3v) is 5.90. The van der Waals surface area contributed by atoms with Gasteiger partial charge in [0, 0.05) is 5.03 Å². The molecule has 4 bridgehead atoms. The number of allylic oxidation sites excluding steroid dienone is 1. The van der Waals surface area contributed by atoms with Crippen LogP contribution in [0.2, 0.25) is 0 Å². The van der Waals surface area contributed by atoms with Crippen LogP contribution in [-0.2, 0) is 0 Å². The van der Waals surface area contributed by atoms with Gasteiger partial charge in [-0.1, -0.05) is 48.0 Å². The lowest BCUT2D eigenvalue weighted by Crippen LogP contribution is -2.45. The molecule has 5 rings (SSSR count). The smallest absolute Gasteiger partial charge is 0.0444 e. The highest BCUT2D eigenvalue weighted by molar-refractivity contribution is 6.48. The zero-order chi connectivity index (χ0) is 12.9. The largest absolute Gasteiger partial charge is 0.0840 e. The van der Waals surface area contributed by atoms with E-state index in [9.17, 15) is 0 Å². The van der Waals surface area contributed by atoms with Crippen molar-refractivity contribution in [1.82, 2.24) is 0 Å². The van der Waals surface area contributed by atoms with Crippen molar-refractivity contribution in [1.29, 1.82) is 0 Å². The van der Waals surface area contributed by atoms with Gasteiger partial charge in [-0.15, -0.1) is 0 Å². The van der Waals surface area contributed by atoms with Gasteiger partial charge in [-0.05, 0) is 67.3 Å². The Labute approximate surface area is 120 Å². The molecule has 4 fully saturated rings. The molecule has 1 heteroatoms. The maximum atomic E-state index is 6.60. The zero-order valence-corrected chi connectivity index (χ0v) is 12.1. The van der Waals surface area contributed by atoms with Crippen molar-refractivity contribution in [3.05, 3.63) is 42.0 Å². The van der Waals surface area contributed by atoms with E-state index in [1.807, 2.05) is 0 Å². The van der Waals surface area contributed by atoms with Crippen molar-refractivity contribution in [3.63, 3.8) is 0 Å². The summed E-state index contributed by atoms with van der Waals surface area (Å²) < 4.78 is 0. The summed E-state index contributed by atoms with van der Waals surface area (Å²) in [6, 6.07) is 10.5. The molecule has 0 spiro atoms. The first-order valence-electron chi connectivity index (χ1n) is 7.66. The van der Waals surface area contributed by atoms with Crippen LogP contribution < -0.4 is 0 Å². The van der Waals surface area contributed by atoms with Gasteiger partial charge in [-0.3, -0.25) is 0 Å². The molecule has 0 atom stereocenters. The Balaban J connectivity index is 1.65. The van der Waals surface area contributed by atoms with Crippen molar-refractivity contribution in [2.24, 2.45) is 23.2 Å². The molecule has 0 radical (unpaired) electrons. The quantitative estimate of drug-likeness (QED) is 0.668. The van der Waals surface area contributed by atoms with E-state index in [1.54, 1.807) is 0 Å². The molecule has 0 saturated heterocycles. The monoisotopic (exact) mass is 272 g/mol. The number of hydrogen-bond acceptors (Lipinski definition) is 0. The van der Waals surface area contributed by atoms with Gasteiger partial charge in [-0.25, -0.2) is 0 Å². The molecule has 4 saturated carbocycles. The fourth-order valence-corrected chi connectivity index (χ4v) is 5.66. The van der Waals surface area contributed by atoms with Gasteiger partial charge in [0.1, 0.15) is 0 Å². The minimum Gasteiger partial charge on any atom is -0.0840 e. The lowest BCUT2D eigenvalue weighted by Gasteiger charge is -2.56. The maximum Gasteiger partial charge on any atom is 0.0444 e. The summed E-state index contributed by atoms with van der Waals surface area (Å²) >= 11 is 6.60. The van der Waals surface area contributed by atoms with Crippen LogP contribution in [0.3, 0.4) is 0 Å². The number of benzene rings is 1. The Morgan fingerprint density at radius 1 is 0.947 bits per heavy atom. The number of halogens is 1. The molecule has 0 unspecified atom stereocenters. The van der Waals surface area contributed by atoms with Gasteiger partial charge >= 0.3 is 0 Å². The van der Waals surface area contributed by atoms with Crippen molar-refractivity contribution in [2.45, 2.75) is 38.5 Å². The Hall–Kier alpha value is -0.750. The second kappa shape index (κ2) is 4.38. The van der Waals surface area contributed by atoms with E-state index in [1.165, 1.54) is 44.1 Å². The van der Waals surface area contributed by atoms with Gasteiger partial charge in [0.05, 0.1) is 0 Å². The van der Waals surface area contributed by atoms with E-state index in [2.05, 4.69) is 36.4 Å². The molecule has 1 aromatic rings. The normalized spacial score (nSPS) is 40.7. The topological polar surface area (TPSA) is 0 Å². The molecular weight excluding hydrogens is 252 g/mol. The van der Waals surface area contributed by atoms with Gasteiger partial charge in [0.25, 0.3) is 0 Å². The van der Waals surface area contributed by atoms with Crippen LogP contribution in [0.15, 0.2) is 36.4 Å². The maximum absolute atomic E-state index is 6.60. The molecule has 0 amide bonds. The molecule has 0 heterocycles. The number of rotatable bonds is 2. The first-order chi connectivity index (χ1) is 9.22. The predicted octanol–water partition coefficient (Wildman–Crippen LogP) is 5.48. The first-order valence-corrected chi connectivity index (χ1v) is 8.04. The van der Waals surface area contributed by atoms with Crippen LogP contribution in [0.25, 0.3) is 5.03 Å². The minimum absolute atomic E-state index is 0.432. The molecular formula is C18H21Cl. The zero-order valence-electron chi connectivity index (χ0n) is 11.3. The van der Waals surface area contributed by atoms with Crippen LogP contribution in [0.4, 0.5) is 0 Å². The van der Waals surface area contributed by atoms with E-state index < -0.39 is 0 Å². The Bertz CT molecular complexity index is 464.